The number of rotatable bonds is 10. The highest BCUT2D eigenvalue weighted by Gasteiger charge is 2.15. The Bertz CT molecular complexity index is 1350. The van der Waals surface area contributed by atoms with Crippen LogP contribution in [-0.2, 0) is 21.1 Å². The smallest absolute Gasteiger partial charge is 0.339 e. The summed E-state index contributed by atoms with van der Waals surface area (Å²) in [5.41, 5.74) is 1.30. The molecule has 1 amide bonds. The van der Waals surface area contributed by atoms with Gasteiger partial charge in [-0.1, -0.05) is 6.07 Å². The van der Waals surface area contributed by atoms with E-state index in [1.165, 1.54) is 12.1 Å². The van der Waals surface area contributed by atoms with E-state index in [4.69, 9.17) is 13.9 Å². The van der Waals surface area contributed by atoms with Crippen molar-refractivity contribution in [3.05, 3.63) is 64.0 Å². The number of aryl methyl sites for hydroxylation is 1. The van der Waals surface area contributed by atoms with Gasteiger partial charge in [-0.3, -0.25) is 4.79 Å². The maximum absolute atomic E-state index is 12.6. The third kappa shape index (κ3) is 6.17. The van der Waals surface area contributed by atoms with E-state index in [-0.39, 0.29) is 23.6 Å². The molecule has 0 bridgehead atoms. The molecule has 0 aliphatic carbocycles. The van der Waals surface area contributed by atoms with Gasteiger partial charge < -0.3 is 18.8 Å². The normalized spacial score (nSPS) is 11.4. The van der Waals surface area contributed by atoms with Crippen LogP contribution in [0.4, 0.5) is 0 Å². The molecular weight excluding hydrogens is 458 g/mol. The van der Waals surface area contributed by atoms with E-state index in [2.05, 4.69) is 0 Å². The van der Waals surface area contributed by atoms with Crippen LogP contribution in [0, 0.1) is 6.92 Å². The number of hydrogen-bond donors (Lipinski definition) is 0. The summed E-state index contributed by atoms with van der Waals surface area (Å²) in [7, 11) is -0.0492. The Morgan fingerprint density at radius 3 is 2.59 bits per heavy atom. The Balaban J connectivity index is 1.52. The first-order valence-electron chi connectivity index (χ1n) is 10.9. The van der Waals surface area contributed by atoms with Gasteiger partial charge >= 0.3 is 5.63 Å². The van der Waals surface area contributed by atoms with Crippen LogP contribution >= 0.6 is 0 Å². The molecule has 0 N–H and O–H groups in total. The topological polar surface area (TPSA) is 103 Å². The van der Waals surface area contributed by atoms with Gasteiger partial charge in [-0.25, -0.2) is 13.2 Å². The van der Waals surface area contributed by atoms with Crippen LogP contribution in [0.1, 0.15) is 24.0 Å². The Hall–Kier alpha value is -3.33. The van der Waals surface area contributed by atoms with Crippen LogP contribution in [0.5, 0.6) is 11.5 Å². The highest BCUT2D eigenvalue weighted by Crippen LogP contribution is 2.24. The molecule has 3 rings (SSSR count). The first-order chi connectivity index (χ1) is 16.1. The number of amides is 1. The Morgan fingerprint density at radius 2 is 1.88 bits per heavy atom. The molecule has 34 heavy (non-hydrogen) atoms. The summed E-state index contributed by atoms with van der Waals surface area (Å²) in [5.74, 6) is 0.979. The van der Waals surface area contributed by atoms with Gasteiger partial charge in [0.05, 0.1) is 18.6 Å². The number of ether oxygens (including phenoxy) is 2. The number of carbonyl (C=O) groups is 1. The summed E-state index contributed by atoms with van der Waals surface area (Å²) in [5, 5.41) is 0.813. The van der Waals surface area contributed by atoms with E-state index < -0.39 is 15.5 Å². The number of sulfone groups is 1. The quantitative estimate of drug-likeness (QED) is 0.319. The first kappa shape index (κ1) is 25.3. The summed E-state index contributed by atoms with van der Waals surface area (Å²) in [6.07, 6.45) is 2.19. The van der Waals surface area contributed by atoms with Gasteiger partial charge in [0.1, 0.15) is 17.1 Å². The Morgan fingerprint density at radius 1 is 1.12 bits per heavy atom. The van der Waals surface area contributed by atoms with Crippen molar-refractivity contribution in [2.45, 2.75) is 31.1 Å². The molecule has 0 aliphatic rings. The van der Waals surface area contributed by atoms with Gasteiger partial charge in [0.2, 0.25) is 5.91 Å². The average molecular weight is 488 g/mol. The monoisotopic (exact) mass is 487 g/mol. The van der Waals surface area contributed by atoms with Crippen molar-refractivity contribution in [1.29, 1.82) is 0 Å². The van der Waals surface area contributed by atoms with Crippen LogP contribution in [0.2, 0.25) is 0 Å². The molecule has 0 fully saturated rings. The van der Waals surface area contributed by atoms with E-state index >= 15 is 0 Å². The predicted octanol–water partition coefficient (Wildman–Crippen LogP) is 3.37. The van der Waals surface area contributed by atoms with Crippen molar-refractivity contribution < 1.29 is 27.1 Å². The highest BCUT2D eigenvalue weighted by atomic mass is 32.2. The molecule has 0 radical (unpaired) electrons. The molecule has 0 saturated carbocycles. The molecule has 1 aromatic heterocycles. The summed E-state index contributed by atoms with van der Waals surface area (Å²) in [6.45, 7) is 2.66. The minimum Gasteiger partial charge on any atom is -0.497 e. The second-order valence-electron chi connectivity index (χ2n) is 8.12. The molecule has 0 atom stereocenters. The Labute approximate surface area is 199 Å². The van der Waals surface area contributed by atoms with E-state index in [1.807, 2.05) is 13.0 Å². The molecule has 2 aromatic carbocycles. The van der Waals surface area contributed by atoms with Crippen LogP contribution in [-0.4, -0.2) is 52.8 Å². The molecule has 0 spiro atoms. The Kier molecular flexibility index (Phi) is 7.98. The zero-order chi connectivity index (χ0) is 24.9. The zero-order valence-corrected chi connectivity index (χ0v) is 20.6. The molecule has 1 heterocycles. The number of benzene rings is 2. The molecule has 0 unspecified atom stereocenters. The van der Waals surface area contributed by atoms with Gasteiger partial charge in [-0.2, -0.15) is 0 Å². The van der Waals surface area contributed by atoms with Crippen LogP contribution in [0.25, 0.3) is 11.0 Å². The maximum atomic E-state index is 12.6. The molecule has 9 heteroatoms. The van der Waals surface area contributed by atoms with Crippen LogP contribution in [0.3, 0.4) is 0 Å². The molecule has 8 nitrogen and oxygen atoms in total. The van der Waals surface area contributed by atoms with Crippen LogP contribution < -0.4 is 15.1 Å². The fraction of sp³-hybridized carbons (Fsp3) is 0.360. The SMILES string of the molecule is COc1ccc2c(C)c(CCC(=O)N(C)CCCOc3cccc(S(C)(=O)=O)c3)c(=O)oc2c1. The van der Waals surface area contributed by atoms with Crippen molar-refractivity contribution in [2.24, 2.45) is 0 Å². The van der Waals surface area contributed by atoms with E-state index in [9.17, 15) is 18.0 Å². The second-order valence-corrected chi connectivity index (χ2v) is 10.1. The second kappa shape index (κ2) is 10.7. The lowest BCUT2D eigenvalue weighted by Crippen LogP contribution is -2.29. The van der Waals surface area contributed by atoms with Gasteiger partial charge in [0.25, 0.3) is 0 Å². The molecule has 0 aliphatic heterocycles. The van der Waals surface area contributed by atoms with Gasteiger partial charge in [-0.15, -0.1) is 0 Å². The summed E-state index contributed by atoms with van der Waals surface area (Å²) in [4.78, 5) is 26.9. The number of fused-ring (bicyclic) bond motifs is 1. The van der Waals surface area contributed by atoms with Gasteiger partial charge in [0.15, 0.2) is 9.84 Å². The summed E-state index contributed by atoms with van der Waals surface area (Å²) >= 11 is 0. The summed E-state index contributed by atoms with van der Waals surface area (Å²) in [6, 6.07) is 11.6. The predicted molar refractivity (Wildman–Crippen MR) is 129 cm³/mol. The van der Waals surface area contributed by atoms with Crippen molar-refractivity contribution in [3.63, 3.8) is 0 Å². The van der Waals surface area contributed by atoms with E-state index in [0.717, 1.165) is 17.2 Å². The number of carbonyl (C=O) groups excluding carboxylic acids is 1. The lowest BCUT2D eigenvalue weighted by Gasteiger charge is -2.17. The fourth-order valence-corrected chi connectivity index (χ4v) is 4.28. The fourth-order valence-electron chi connectivity index (χ4n) is 3.62. The first-order valence-corrected chi connectivity index (χ1v) is 12.8. The third-order valence-corrected chi connectivity index (χ3v) is 6.76. The van der Waals surface area contributed by atoms with E-state index in [1.54, 1.807) is 43.3 Å². The average Bonchev–Trinajstić information content (AvgIpc) is 2.80. The molecule has 0 saturated heterocycles. The summed E-state index contributed by atoms with van der Waals surface area (Å²) < 4.78 is 39.5. The van der Waals surface area contributed by atoms with Crippen molar-refractivity contribution in [1.82, 2.24) is 4.90 Å². The minimum atomic E-state index is -3.30. The zero-order valence-electron chi connectivity index (χ0n) is 19.8. The largest absolute Gasteiger partial charge is 0.497 e. The van der Waals surface area contributed by atoms with Crippen molar-refractivity contribution >= 4 is 26.7 Å². The highest BCUT2D eigenvalue weighted by molar-refractivity contribution is 7.90. The number of nitrogens with zero attached hydrogens (tertiary/aromatic N) is 1. The molecular formula is C25H29NO7S. The van der Waals surface area contributed by atoms with Gasteiger partial charge in [-0.05, 0) is 55.7 Å². The van der Waals surface area contributed by atoms with E-state index in [0.29, 0.717) is 42.2 Å². The van der Waals surface area contributed by atoms with Crippen molar-refractivity contribution in [3.8, 4) is 11.5 Å². The lowest BCUT2D eigenvalue weighted by atomic mass is 10.0. The minimum absolute atomic E-state index is 0.0901. The lowest BCUT2D eigenvalue weighted by molar-refractivity contribution is -0.129. The third-order valence-electron chi connectivity index (χ3n) is 5.65. The molecule has 3 aromatic rings. The van der Waals surface area contributed by atoms with Crippen molar-refractivity contribution in [2.75, 3.05) is 33.6 Å². The van der Waals surface area contributed by atoms with Gasteiger partial charge in [0, 0.05) is 43.3 Å². The number of methoxy groups -OCH3 is 1. The van der Waals surface area contributed by atoms with Crippen LogP contribution in [0.15, 0.2) is 56.6 Å². The standard InChI is InChI=1S/C25H29NO7S/c1-17-21-10-9-18(31-3)16-23(21)33-25(28)22(17)11-12-24(27)26(2)13-6-14-32-19-7-5-8-20(15-19)34(4,29)30/h5,7-10,15-16H,6,11-14H2,1-4H3. The molecule has 182 valence electrons. The maximum Gasteiger partial charge on any atom is 0.339 e. The number of hydrogen-bond acceptors (Lipinski definition) is 7.